The van der Waals surface area contributed by atoms with Crippen LogP contribution in [-0.4, -0.2) is 47.1 Å². The first-order chi connectivity index (χ1) is 17.1. The zero-order valence-corrected chi connectivity index (χ0v) is 19.5. The van der Waals surface area contributed by atoms with E-state index in [4.69, 9.17) is 29.7 Å². The van der Waals surface area contributed by atoms with Gasteiger partial charge < -0.3 is 29.2 Å². The third-order valence-corrected chi connectivity index (χ3v) is 5.10. The van der Waals surface area contributed by atoms with Gasteiger partial charge in [-0.2, -0.15) is 0 Å². The summed E-state index contributed by atoms with van der Waals surface area (Å²) in [6.45, 7) is 0.778. The number of anilines is 1. The lowest BCUT2D eigenvalue weighted by molar-refractivity contribution is 0.0511. The van der Waals surface area contributed by atoms with E-state index in [0.717, 1.165) is 11.4 Å². The van der Waals surface area contributed by atoms with Gasteiger partial charge in [0.05, 0.1) is 23.7 Å². The molecule has 2 heterocycles. The van der Waals surface area contributed by atoms with Crippen molar-refractivity contribution in [3.63, 3.8) is 0 Å². The average molecular weight is 480 g/mol. The van der Waals surface area contributed by atoms with Gasteiger partial charge in [0.1, 0.15) is 29.9 Å². The van der Waals surface area contributed by atoms with E-state index < -0.39 is 0 Å². The van der Waals surface area contributed by atoms with Gasteiger partial charge in [0.2, 0.25) is 5.95 Å². The van der Waals surface area contributed by atoms with Crippen molar-refractivity contribution in [1.29, 1.82) is 0 Å². The fourth-order valence-corrected chi connectivity index (χ4v) is 3.55. The van der Waals surface area contributed by atoms with E-state index in [1.807, 2.05) is 28.8 Å². The van der Waals surface area contributed by atoms with Crippen LogP contribution in [0.4, 0.5) is 10.3 Å². The van der Waals surface area contributed by atoms with Crippen LogP contribution in [0, 0.1) is 5.82 Å². The van der Waals surface area contributed by atoms with Crippen molar-refractivity contribution in [2.75, 3.05) is 33.4 Å². The second kappa shape index (κ2) is 11.4. The number of hydrogen-bond donors (Lipinski definition) is 1. The molecule has 9 nitrogen and oxygen atoms in total. The van der Waals surface area contributed by atoms with E-state index >= 15 is 0 Å². The van der Waals surface area contributed by atoms with Crippen LogP contribution in [0.1, 0.15) is 5.82 Å². The smallest absolute Gasteiger partial charge is 0.220 e. The minimum Gasteiger partial charge on any atom is -0.493 e. The van der Waals surface area contributed by atoms with Crippen LogP contribution in [0.15, 0.2) is 60.8 Å². The van der Waals surface area contributed by atoms with E-state index in [9.17, 15) is 4.39 Å². The number of imidazole rings is 1. The summed E-state index contributed by atoms with van der Waals surface area (Å²) in [4.78, 5) is 13.2. The van der Waals surface area contributed by atoms with Crippen molar-refractivity contribution in [2.24, 2.45) is 0 Å². The van der Waals surface area contributed by atoms with Gasteiger partial charge in [-0.1, -0.05) is 0 Å². The second-order valence-electron chi connectivity index (χ2n) is 7.50. The predicted octanol–water partition coefficient (Wildman–Crippen LogP) is 3.94. The van der Waals surface area contributed by atoms with E-state index in [0.29, 0.717) is 41.6 Å². The van der Waals surface area contributed by atoms with E-state index in [1.54, 1.807) is 38.6 Å². The standard InChI is InChI=1S/C25H26FN5O4/c1-32-15-31-22(12-14-34-19-7-9-20(10-8-19)35-16-33-2)30-23(17-3-5-18(26)6-4-17)24(31)21-11-13-28-25(27)29-21/h3-11,13H,12,14-16H2,1-2H3,(H2,27,28,29). The normalized spacial score (nSPS) is 10.9. The molecule has 0 radical (unpaired) electrons. The fraction of sp³-hybridized carbons (Fsp3) is 0.240. The van der Waals surface area contributed by atoms with E-state index in [-0.39, 0.29) is 25.3 Å². The Balaban J connectivity index is 1.62. The zero-order chi connectivity index (χ0) is 24.6. The number of aromatic nitrogens is 4. The Morgan fingerprint density at radius 3 is 2.26 bits per heavy atom. The Labute approximate surface area is 202 Å². The highest BCUT2D eigenvalue weighted by Crippen LogP contribution is 2.32. The lowest BCUT2D eigenvalue weighted by Gasteiger charge is -2.12. The molecule has 2 N–H and O–H groups in total. The number of nitrogens with two attached hydrogens (primary N) is 1. The molecule has 0 spiro atoms. The molecule has 0 aliphatic rings. The van der Waals surface area contributed by atoms with Crippen molar-refractivity contribution >= 4 is 5.95 Å². The van der Waals surface area contributed by atoms with Gasteiger partial charge >= 0.3 is 0 Å². The summed E-state index contributed by atoms with van der Waals surface area (Å²) in [6.07, 6.45) is 2.07. The number of benzene rings is 2. The summed E-state index contributed by atoms with van der Waals surface area (Å²) in [7, 11) is 3.17. The Hall–Kier alpha value is -4.02. The molecule has 0 saturated heterocycles. The predicted molar refractivity (Wildman–Crippen MR) is 128 cm³/mol. The van der Waals surface area contributed by atoms with Crippen molar-refractivity contribution in [2.45, 2.75) is 13.2 Å². The van der Waals surface area contributed by atoms with Crippen LogP contribution in [0.25, 0.3) is 22.6 Å². The molecule has 10 heteroatoms. The first-order valence-electron chi connectivity index (χ1n) is 10.9. The average Bonchev–Trinajstić information content (AvgIpc) is 3.22. The van der Waals surface area contributed by atoms with Gasteiger partial charge in [-0.25, -0.2) is 19.3 Å². The van der Waals surface area contributed by atoms with Gasteiger partial charge in [0.15, 0.2) is 6.79 Å². The molecule has 0 amide bonds. The largest absolute Gasteiger partial charge is 0.493 e. The number of hydrogen-bond acceptors (Lipinski definition) is 8. The summed E-state index contributed by atoms with van der Waals surface area (Å²) in [5, 5.41) is 0. The lowest BCUT2D eigenvalue weighted by Crippen LogP contribution is -2.11. The summed E-state index contributed by atoms with van der Waals surface area (Å²) in [6, 6.07) is 15.2. The monoisotopic (exact) mass is 479 g/mol. The molecular weight excluding hydrogens is 453 g/mol. The maximum atomic E-state index is 13.6. The zero-order valence-electron chi connectivity index (χ0n) is 19.5. The fourth-order valence-electron chi connectivity index (χ4n) is 3.55. The first kappa shape index (κ1) is 24.1. The number of nitrogen functional groups attached to an aromatic ring is 1. The van der Waals surface area contributed by atoms with E-state index in [1.165, 1.54) is 12.1 Å². The Morgan fingerprint density at radius 2 is 1.60 bits per heavy atom. The third-order valence-electron chi connectivity index (χ3n) is 5.10. The van der Waals surface area contributed by atoms with Gasteiger partial charge in [-0.15, -0.1) is 0 Å². The minimum absolute atomic E-state index is 0.139. The SMILES string of the molecule is COCOc1ccc(OCCc2nc(-c3ccc(F)cc3)c(-c3ccnc(N)n3)n2COC)cc1. The molecule has 0 atom stereocenters. The molecule has 0 aliphatic heterocycles. The van der Waals surface area contributed by atoms with Crippen LogP contribution < -0.4 is 15.2 Å². The highest BCUT2D eigenvalue weighted by molar-refractivity contribution is 5.77. The number of halogens is 1. The molecule has 2 aromatic carbocycles. The highest BCUT2D eigenvalue weighted by atomic mass is 19.1. The van der Waals surface area contributed by atoms with Gasteiger partial charge in [-0.05, 0) is 54.6 Å². The van der Waals surface area contributed by atoms with Gasteiger partial charge in [-0.3, -0.25) is 0 Å². The molecule has 182 valence electrons. The van der Waals surface area contributed by atoms with Gasteiger partial charge in [0.25, 0.3) is 0 Å². The number of methoxy groups -OCH3 is 2. The molecule has 35 heavy (non-hydrogen) atoms. The summed E-state index contributed by atoms with van der Waals surface area (Å²) >= 11 is 0. The second-order valence-corrected chi connectivity index (χ2v) is 7.50. The molecule has 0 fully saturated rings. The Kier molecular flexibility index (Phi) is 7.86. The topological polar surface area (TPSA) is 107 Å². The molecule has 0 saturated carbocycles. The minimum atomic E-state index is -0.329. The first-order valence-corrected chi connectivity index (χ1v) is 10.9. The van der Waals surface area contributed by atoms with E-state index in [2.05, 4.69) is 9.97 Å². The number of rotatable bonds is 11. The van der Waals surface area contributed by atoms with Crippen molar-refractivity contribution < 1.29 is 23.3 Å². The van der Waals surface area contributed by atoms with Crippen LogP contribution in [0.5, 0.6) is 11.5 Å². The van der Waals surface area contributed by atoms with Crippen molar-refractivity contribution in [1.82, 2.24) is 19.5 Å². The molecule has 2 aromatic heterocycles. The molecule has 4 rings (SSSR count). The summed E-state index contributed by atoms with van der Waals surface area (Å²) in [5.41, 5.74) is 8.50. The maximum absolute atomic E-state index is 13.6. The lowest BCUT2D eigenvalue weighted by atomic mass is 10.1. The number of nitrogens with zero attached hydrogens (tertiary/aromatic N) is 4. The summed E-state index contributed by atoms with van der Waals surface area (Å²) in [5.74, 6) is 1.92. The quantitative estimate of drug-likeness (QED) is 0.323. The van der Waals surface area contributed by atoms with Crippen LogP contribution >= 0.6 is 0 Å². The van der Waals surface area contributed by atoms with Crippen LogP contribution in [0.3, 0.4) is 0 Å². The molecule has 0 aliphatic carbocycles. The Morgan fingerprint density at radius 1 is 0.886 bits per heavy atom. The Bertz CT molecular complexity index is 1250. The molecule has 0 bridgehead atoms. The summed E-state index contributed by atoms with van der Waals surface area (Å²) < 4.78 is 37.2. The molecule has 0 unspecified atom stereocenters. The molecule has 4 aromatic rings. The highest BCUT2D eigenvalue weighted by Gasteiger charge is 2.21. The van der Waals surface area contributed by atoms with Crippen LogP contribution in [-0.2, 0) is 22.6 Å². The molecular formula is C25H26FN5O4. The maximum Gasteiger partial charge on any atom is 0.220 e. The van der Waals surface area contributed by atoms with Crippen LogP contribution in [0.2, 0.25) is 0 Å². The van der Waals surface area contributed by atoms with Crippen molar-refractivity contribution in [3.05, 3.63) is 72.4 Å². The third kappa shape index (κ3) is 5.92. The number of ether oxygens (including phenoxy) is 4. The van der Waals surface area contributed by atoms with Crippen molar-refractivity contribution in [3.8, 4) is 34.1 Å². The van der Waals surface area contributed by atoms with Gasteiger partial charge in [0, 0.05) is 32.4 Å².